The molecule has 90 valence electrons. The van der Waals surface area contributed by atoms with Crippen molar-refractivity contribution in [1.29, 1.82) is 0 Å². The second-order valence-electron chi connectivity index (χ2n) is 6.25. The minimum atomic E-state index is 0.255. The topological polar surface area (TPSA) is 29.3 Å². The van der Waals surface area contributed by atoms with Crippen LogP contribution in [0.15, 0.2) is 0 Å². The molecule has 1 aliphatic heterocycles. The van der Waals surface area contributed by atoms with Gasteiger partial charge < -0.3 is 5.73 Å². The molecule has 0 aromatic rings. The van der Waals surface area contributed by atoms with Gasteiger partial charge in [0.2, 0.25) is 0 Å². The summed E-state index contributed by atoms with van der Waals surface area (Å²) in [6.07, 6.45) is 4.05. The number of rotatable bonds is 2. The van der Waals surface area contributed by atoms with Gasteiger partial charge in [0, 0.05) is 18.1 Å². The first-order valence-electron chi connectivity index (χ1n) is 6.35. The van der Waals surface area contributed by atoms with Crippen LogP contribution in [0.3, 0.4) is 0 Å². The van der Waals surface area contributed by atoms with Crippen LogP contribution in [0.1, 0.15) is 53.9 Å². The van der Waals surface area contributed by atoms with Crippen LogP contribution in [0, 0.1) is 5.41 Å². The molecule has 1 heterocycles. The third-order valence-electron chi connectivity index (χ3n) is 3.60. The summed E-state index contributed by atoms with van der Waals surface area (Å²) in [6, 6.07) is 1.47. The molecular formula is C13H28N2. The highest BCUT2D eigenvalue weighted by Crippen LogP contribution is 2.31. The maximum atomic E-state index is 6.17. The Hall–Kier alpha value is -0.0800. The Bertz CT molecular complexity index is 193. The zero-order valence-electron chi connectivity index (χ0n) is 11.1. The van der Waals surface area contributed by atoms with E-state index in [2.05, 4.69) is 39.5 Å². The van der Waals surface area contributed by atoms with E-state index in [4.69, 9.17) is 5.73 Å². The monoisotopic (exact) mass is 212 g/mol. The lowest BCUT2D eigenvalue weighted by Gasteiger charge is -2.47. The summed E-state index contributed by atoms with van der Waals surface area (Å²) >= 11 is 0. The van der Waals surface area contributed by atoms with E-state index in [1.54, 1.807) is 0 Å². The molecule has 1 saturated heterocycles. The fourth-order valence-electron chi connectivity index (χ4n) is 3.12. The molecule has 1 rings (SSSR count). The first kappa shape index (κ1) is 13.0. The Balaban J connectivity index is 2.78. The molecule has 0 spiro atoms. The van der Waals surface area contributed by atoms with Gasteiger partial charge in [-0.3, -0.25) is 4.90 Å². The minimum Gasteiger partial charge on any atom is -0.327 e. The first-order chi connectivity index (χ1) is 6.84. The molecule has 0 aromatic carbocycles. The predicted molar refractivity (Wildman–Crippen MR) is 66.9 cm³/mol. The van der Waals surface area contributed by atoms with Crippen LogP contribution < -0.4 is 5.73 Å². The Labute approximate surface area is 95.2 Å². The highest BCUT2D eigenvalue weighted by molar-refractivity contribution is 4.92. The zero-order valence-corrected chi connectivity index (χ0v) is 11.1. The van der Waals surface area contributed by atoms with E-state index >= 15 is 0 Å². The van der Waals surface area contributed by atoms with Crippen molar-refractivity contribution in [2.75, 3.05) is 6.54 Å². The molecule has 0 radical (unpaired) electrons. The summed E-state index contributed by atoms with van der Waals surface area (Å²) in [5, 5.41) is 0. The Kier molecular flexibility index (Phi) is 4.19. The SMILES string of the molecule is CC(N)C(N1CCCCC1C)C(C)(C)C. The van der Waals surface area contributed by atoms with Crippen LogP contribution in [0.25, 0.3) is 0 Å². The van der Waals surface area contributed by atoms with Gasteiger partial charge in [-0.2, -0.15) is 0 Å². The third kappa shape index (κ3) is 3.18. The van der Waals surface area contributed by atoms with Crippen LogP contribution in [0.5, 0.6) is 0 Å². The molecular weight excluding hydrogens is 184 g/mol. The van der Waals surface area contributed by atoms with E-state index < -0.39 is 0 Å². The van der Waals surface area contributed by atoms with Crippen LogP contribution in [0.2, 0.25) is 0 Å². The number of hydrogen-bond donors (Lipinski definition) is 1. The van der Waals surface area contributed by atoms with E-state index in [0.29, 0.717) is 12.1 Å². The van der Waals surface area contributed by atoms with Crippen LogP contribution in [-0.4, -0.2) is 29.6 Å². The molecule has 2 nitrogen and oxygen atoms in total. The Morgan fingerprint density at radius 1 is 1.27 bits per heavy atom. The smallest absolute Gasteiger partial charge is 0.0295 e. The van der Waals surface area contributed by atoms with E-state index in [1.807, 2.05) is 0 Å². The summed E-state index contributed by atoms with van der Waals surface area (Å²) < 4.78 is 0. The van der Waals surface area contributed by atoms with Gasteiger partial charge in [0.1, 0.15) is 0 Å². The number of likely N-dealkylation sites (tertiary alicyclic amines) is 1. The van der Waals surface area contributed by atoms with E-state index in [1.165, 1.54) is 25.8 Å². The summed E-state index contributed by atoms with van der Waals surface area (Å²) in [6.45, 7) is 12.6. The van der Waals surface area contributed by atoms with Crippen molar-refractivity contribution in [2.24, 2.45) is 11.1 Å². The minimum absolute atomic E-state index is 0.255. The Morgan fingerprint density at radius 2 is 1.87 bits per heavy atom. The van der Waals surface area contributed by atoms with E-state index in [0.717, 1.165) is 0 Å². The lowest BCUT2D eigenvalue weighted by Crippen LogP contribution is -2.57. The molecule has 0 bridgehead atoms. The van der Waals surface area contributed by atoms with Crippen molar-refractivity contribution in [3.63, 3.8) is 0 Å². The van der Waals surface area contributed by atoms with Gasteiger partial charge in [0.05, 0.1) is 0 Å². The fourth-order valence-corrected chi connectivity index (χ4v) is 3.12. The molecule has 0 aliphatic carbocycles. The Morgan fingerprint density at radius 3 is 2.27 bits per heavy atom. The van der Waals surface area contributed by atoms with Crippen molar-refractivity contribution in [3.8, 4) is 0 Å². The van der Waals surface area contributed by atoms with Gasteiger partial charge in [0.25, 0.3) is 0 Å². The first-order valence-corrected chi connectivity index (χ1v) is 6.35. The van der Waals surface area contributed by atoms with Gasteiger partial charge in [-0.05, 0) is 38.6 Å². The molecule has 15 heavy (non-hydrogen) atoms. The molecule has 1 fully saturated rings. The quantitative estimate of drug-likeness (QED) is 0.762. The molecule has 0 aromatic heterocycles. The van der Waals surface area contributed by atoms with Gasteiger partial charge in [0.15, 0.2) is 0 Å². The highest BCUT2D eigenvalue weighted by Gasteiger charge is 2.36. The number of piperidine rings is 1. The lowest BCUT2D eigenvalue weighted by atomic mass is 9.80. The second-order valence-corrected chi connectivity index (χ2v) is 6.25. The maximum Gasteiger partial charge on any atom is 0.0295 e. The number of hydrogen-bond acceptors (Lipinski definition) is 2. The molecule has 1 aliphatic rings. The van der Waals surface area contributed by atoms with Gasteiger partial charge in [-0.15, -0.1) is 0 Å². The average Bonchev–Trinajstić information content (AvgIpc) is 2.05. The molecule has 2 N–H and O–H groups in total. The van der Waals surface area contributed by atoms with E-state index in [9.17, 15) is 0 Å². The zero-order chi connectivity index (χ0) is 11.6. The molecule has 2 heteroatoms. The lowest BCUT2D eigenvalue weighted by molar-refractivity contribution is 0.0288. The number of nitrogens with two attached hydrogens (primary N) is 1. The largest absolute Gasteiger partial charge is 0.327 e. The standard InChI is InChI=1S/C13H28N2/c1-10-8-6-7-9-15(10)12(11(2)14)13(3,4)5/h10-12H,6-9,14H2,1-5H3. The van der Waals surface area contributed by atoms with Crippen LogP contribution >= 0.6 is 0 Å². The normalized spacial score (nSPS) is 28.8. The number of nitrogens with zero attached hydrogens (tertiary/aromatic N) is 1. The van der Waals surface area contributed by atoms with Crippen molar-refractivity contribution in [1.82, 2.24) is 4.90 Å². The van der Waals surface area contributed by atoms with Crippen LogP contribution in [0.4, 0.5) is 0 Å². The summed E-state index contributed by atoms with van der Waals surface area (Å²) in [5.41, 5.74) is 6.45. The van der Waals surface area contributed by atoms with Crippen molar-refractivity contribution in [2.45, 2.75) is 72.0 Å². The summed E-state index contributed by atoms with van der Waals surface area (Å²) in [4.78, 5) is 2.63. The van der Waals surface area contributed by atoms with Crippen LogP contribution in [-0.2, 0) is 0 Å². The van der Waals surface area contributed by atoms with Crippen molar-refractivity contribution >= 4 is 0 Å². The van der Waals surface area contributed by atoms with Gasteiger partial charge >= 0.3 is 0 Å². The van der Waals surface area contributed by atoms with Crippen molar-refractivity contribution in [3.05, 3.63) is 0 Å². The second kappa shape index (κ2) is 4.84. The fraction of sp³-hybridized carbons (Fsp3) is 1.00. The third-order valence-corrected chi connectivity index (χ3v) is 3.60. The molecule has 0 amide bonds. The summed E-state index contributed by atoms with van der Waals surface area (Å²) in [5.74, 6) is 0. The summed E-state index contributed by atoms with van der Waals surface area (Å²) in [7, 11) is 0. The van der Waals surface area contributed by atoms with Crippen molar-refractivity contribution < 1.29 is 0 Å². The average molecular weight is 212 g/mol. The predicted octanol–water partition coefficient (Wildman–Crippen LogP) is 2.62. The maximum absolute atomic E-state index is 6.17. The van der Waals surface area contributed by atoms with Gasteiger partial charge in [-0.25, -0.2) is 0 Å². The van der Waals surface area contributed by atoms with Gasteiger partial charge in [-0.1, -0.05) is 27.2 Å². The molecule has 3 atom stereocenters. The molecule has 3 unspecified atom stereocenters. The molecule has 0 saturated carbocycles. The van der Waals surface area contributed by atoms with E-state index in [-0.39, 0.29) is 11.5 Å². The highest BCUT2D eigenvalue weighted by atomic mass is 15.2.